The van der Waals surface area contributed by atoms with Gasteiger partial charge in [-0.15, -0.1) is 0 Å². The van der Waals surface area contributed by atoms with Gasteiger partial charge in [0.25, 0.3) is 0 Å². The maximum Gasteiger partial charge on any atom is 0.191 e. The maximum atomic E-state index is 5.10. The average molecular weight is 286 g/mol. The van der Waals surface area contributed by atoms with Crippen molar-refractivity contribution in [2.24, 2.45) is 0 Å². The van der Waals surface area contributed by atoms with Crippen LogP contribution in [0.3, 0.4) is 0 Å². The first-order valence-electron chi connectivity index (χ1n) is 3.76. The van der Waals surface area contributed by atoms with Gasteiger partial charge in [0.15, 0.2) is 3.83 Å². The summed E-state index contributed by atoms with van der Waals surface area (Å²) in [5.41, 5.74) is 0.916. The van der Waals surface area contributed by atoms with Gasteiger partial charge in [0.05, 0.1) is 12.6 Å². The normalized spacial score (nSPS) is 10.3. The van der Waals surface area contributed by atoms with Crippen LogP contribution in [0.2, 0.25) is 0 Å². The third-order valence-corrected chi connectivity index (χ3v) is 2.28. The summed E-state index contributed by atoms with van der Waals surface area (Å²) in [6.07, 6.45) is 1.81. The molecule has 0 amide bonds. The third kappa shape index (κ3) is 1.72. The molecule has 0 radical (unpaired) electrons. The highest BCUT2D eigenvalue weighted by Gasteiger charge is 1.98. The van der Waals surface area contributed by atoms with Gasteiger partial charge in [0, 0.05) is 40.2 Å². The SMILES string of the molecule is COc1ccc2cnc(I)nc2c1. The smallest absolute Gasteiger partial charge is 0.191 e. The Kier molecular flexibility index (Phi) is 2.30. The number of aromatic nitrogens is 2. The predicted octanol–water partition coefficient (Wildman–Crippen LogP) is 2.24. The lowest BCUT2D eigenvalue weighted by atomic mass is 10.2. The van der Waals surface area contributed by atoms with Gasteiger partial charge in [-0.25, -0.2) is 9.97 Å². The fourth-order valence-electron chi connectivity index (χ4n) is 1.11. The highest BCUT2D eigenvalue weighted by atomic mass is 127. The monoisotopic (exact) mass is 286 g/mol. The highest BCUT2D eigenvalue weighted by Crippen LogP contribution is 2.18. The lowest BCUT2D eigenvalue weighted by molar-refractivity contribution is 0.415. The lowest BCUT2D eigenvalue weighted by Gasteiger charge is -2.00. The van der Waals surface area contributed by atoms with E-state index >= 15 is 0 Å². The molecule has 0 saturated heterocycles. The fraction of sp³-hybridized carbons (Fsp3) is 0.111. The molecule has 66 valence electrons. The topological polar surface area (TPSA) is 35.0 Å². The van der Waals surface area contributed by atoms with Crippen LogP contribution in [-0.4, -0.2) is 17.1 Å². The molecular weight excluding hydrogens is 279 g/mol. The molecule has 1 heterocycles. The van der Waals surface area contributed by atoms with Gasteiger partial charge >= 0.3 is 0 Å². The molecule has 1 aromatic heterocycles. The molecule has 2 rings (SSSR count). The number of hydrogen-bond acceptors (Lipinski definition) is 3. The highest BCUT2D eigenvalue weighted by molar-refractivity contribution is 14.1. The zero-order valence-electron chi connectivity index (χ0n) is 6.99. The molecule has 2 aromatic rings. The van der Waals surface area contributed by atoms with Crippen molar-refractivity contribution >= 4 is 33.5 Å². The summed E-state index contributed by atoms with van der Waals surface area (Å²) in [5.74, 6) is 0.821. The summed E-state index contributed by atoms with van der Waals surface area (Å²) in [4.78, 5) is 8.38. The summed E-state index contributed by atoms with van der Waals surface area (Å²) >= 11 is 2.09. The second-order valence-electron chi connectivity index (χ2n) is 2.56. The predicted molar refractivity (Wildman–Crippen MR) is 58.8 cm³/mol. The summed E-state index contributed by atoms with van der Waals surface area (Å²) < 4.78 is 5.85. The number of nitrogens with zero attached hydrogens (tertiary/aromatic N) is 2. The van der Waals surface area contributed by atoms with Gasteiger partial charge in [-0.2, -0.15) is 0 Å². The molecule has 0 aliphatic rings. The van der Waals surface area contributed by atoms with Gasteiger partial charge in [-0.05, 0) is 12.1 Å². The van der Waals surface area contributed by atoms with Gasteiger partial charge in [-0.3, -0.25) is 0 Å². The van der Waals surface area contributed by atoms with Crippen molar-refractivity contribution in [1.29, 1.82) is 0 Å². The number of rotatable bonds is 1. The number of hydrogen-bond donors (Lipinski definition) is 0. The van der Waals surface area contributed by atoms with E-state index in [4.69, 9.17) is 4.74 Å². The average Bonchev–Trinajstić information content (AvgIpc) is 2.16. The van der Waals surface area contributed by atoms with Crippen molar-refractivity contribution in [3.8, 4) is 5.75 Å². The molecular formula is C9H7IN2O. The van der Waals surface area contributed by atoms with E-state index in [0.717, 1.165) is 20.5 Å². The number of halogens is 1. The molecule has 0 spiro atoms. The zero-order chi connectivity index (χ0) is 9.26. The van der Waals surface area contributed by atoms with Crippen LogP contribution in [0.4, 0.5) is 0 Å². The minimum absolute atomic E-state index is 0.748. The summed E-state index contributed by atoms with van der Waals surface area (Å²) in [6.45, 7) is 0. The minimum Gasteiger partial charge on any atom is -0.497 e. The van der Waals surface area contributed by atoms with Gasteiger partial charge in [0.1, 0.15) is 5.75 Å². The third-order valence-electron chi connectivity index (χ3n) is 1.76. The standard InChI is InChI=1S/C9H7IN2O/c1-13-7-3-2-6-5-11-9(10)12-8(6)4-7/h2-5H,1H3. The summed E-state index contributed by atoms with van der Waals surface area (Å²) in [6, 6.07) is 5.75. The first-order chi connectivity index (χ1) is 6.29. The quantitative estimate of drug-likeness (QED) is 0.595. The Morgan fingerprint density at radius 3 is 3.00 bits per heavy atom. The van der Waals surface area contributed by atoms with E-state index in [9.17, 15) is 0 Å². The Hall–Kier alpha value is -0.910. The molecule has 0 aliphatic carbocycles. The molecule has 0 saturated carbocycles. The van der Waals surface area contributed by atoms with Crippen molar-refractivity contribution in [2.75, 3.05) is 7.11 Å². The molecule has 0 N–H and O–H groups in total. The zero-order valence-corrected chi connectivity index (χ0v) is 9.15. The van der Waals surface area contributed by atoms with E-state index in [1.165, 1.54) is 0 Å². The Morgan fingerprint density at radius 1 is 1.38 bits per heavy atom. The first-order valence-corrected chi connectivity index (χ1v) is 4.84. The number of methoxy groups -OCH3 is 1. The van der Waals surface area contributed by atoms with Crippen LogP contribution in [0, 0.1) is 3.83 Å². The van der Waals surface area contributed by atoms with Crippen LogP contribution in [-0.2, 0) is 0 Å². The Bertz CT molecular complexity index is 445. The number of benzene rings is 1. The van der Waals surface area contributed by atoms with Crippen molar-refractivity contribution in [2.45, 2.75) is 0 Å². The van der Waals surface area contributed by atoms with E-state index < -0.39 is 0 Å². The second-order valence-corrected chi connectivity index (χ2v) is 3.53. The minimum atomic E-state index is 0.748. The van der Waals surface area contributed by atoms with Gasteiger partial charge in [-0.1, -0.05) is 0 Å². The molecule has 1 aromatic carbocycles. The van der Waals surface area contributed by atoms with E-state index in [2.05, 4.69) is 32.6 Å². The van der Waals surface area contributed by atoms with E-state index in [0.29, 0.717) is 0 Å². The Balaban J connectivity index is 2.68. The first kappa shape index (κ1) is 8.68. The summed E-state index contributed by atoms with van der Waals surface area (Å²) in [5, 5.41) is 1.03. The fourth-order valence-corrected chi connectivity index (χ4v) is 1.51. The molecule has 0 unspecified atom stereocenters. The maximum absolute atomic E-state index is 5.10. The molecule has 4 heteroatoms. The van der Waals surface area contributed by atoms with Gasteiger partial charge in [0.2, 0.25) is 0 Å². The largest absolute Gasteiger partial charge is 0.497 e. The van der Waals surface area contributed by atoms with Crippen LogP contribution in [0.15, 0.2) is 24.4 Å². The van der Waals surface area contributed by atoms with Crippen LogP contribution < -0.4 is 4.74 Å². The molecule has 0 bridgehead atoms. The van der Waals surface area contributed by atoms with E-state index in [1.54, 1.807) is 7.11 Å². The number of fused-ring (bicyclic) bond motifs is 1. The van der Waals surface area contributed by atoms with Crippen LogP contribution in [0.25, 0.3) is 10.9 Å². The Morgan fingerprint density at radius 2 is 2.23 bits per heavy atom. The van der Waals surface area contributed by atoms with Crippen molar-refractivity contribution in [1.82, 2.24) is 9.97 Å². The second kappa shape index (κ2) is 3.45. The van der Waals surface area contributed by atoms with Crippen molar-refractivity contribution in [3.63, 3.8) is 0 Å². The van der Waals surface area contributed by atoms with Crippen LogP contribution in [0.1, 0.15) is 0 Å². The van der Waals surface area contributed by atoms with Gasteiger partial charge < -0.3 is 4.74 Å². The molecule has 13 heavy (non-hydrogen) atoms. The molecule has 0 fully saturated rings. The molecule has 3 nitrogen and oxygen atoms in total. The molecule has 0 aliphatic heterocycles. The van der Waals surface area contributed by atoms with E-state index in [1.807, 2.05) is 24.4 Å². The Labute approximate surface area is 89.3 Å². The lowest BCUT2D eigenvalue weighted by Crippen LogP contribution is -1.88. The van der Waals surface area contributed by atoms with Crippen molar-refractivity contribution < 1.29 is 4.74 Å². The summed E-state index contributed by atoms with van der Waals surface area (Å²) in [7, 11) is 1.65. The van der Waals surface area contributed by atoms with E-state index in [-0.39, 0.29) is 0 Å². The van der Waals surface area contributed by atoms with Crippen LogP contribution >= 0.6 is 22.6 Å². The van der Waals surface area contributed by atoms with Crippen LogP contribution in [0.5, 0.6) is 5.75 Å². The number of ether oxygens (including phenoxy) is 1. The molecule has 0 atom stereocenters. The van der Waals surface area contributed by atoms with Crippen molar-refractivity contribution in [3.05, 3.63) is 28.2 Å².